The van der Waals surface area contributed by atoms with Gasteiger partial charge in [-0.2, -0.15) is 0 Å². The van der Waals surface area contributed by atoms with Crippen molar-refractivity contribution >= 4 is 28.5 Å². The van der Waals surface area contributed by atoms with Gasteiger partial charge in [0.15, 0.2) is 0 Å². The number of carbonyl (C=O) groups excluding carboxylic acids is 1. The number of aromatic nitrogens is 1. The maximum absolute atomic E-state index is 15.4. The monoisotopic (exact) mass is 444 g/mol. The van der Waals surface area contributed by atoms with Crippen LogP contribution in [0.4, 0.5) is 10.1 Å². The Bertz CT molecular complexity index is 1160. The summed E-state index contributed by atoms with van der Waals surface area (Å²) in [5.41, 5.74) is 0.277. The van der Waals surface area contributed by atoms with Crippen LogP contribution in [0.3, 0.4) is 0 Å². The first-order valence-electron chi connectivity index (χ1n) is 11.1. The predicted molar refractivity (Wildman–Crippen MR) is 119 cm³/mol. The first-order valence-corrected chi connectivity index (χ1v) is 11.1. The number of nitrogens with zero attached hydrogens (tertiary/aromatic N) is 2. The van der Waals surface area contributed by atoms with Gasteiger partial charge in [0, 0.05) is 49.1 Å². The molecule has 1 aromatic heterocycles. The van der Waals surface area contributed by atoms with Gasteiger partial charge in [-0.1, -0.05) is 0 Å². The van der Waals surface area contributed by atoms with E-state index in [0.717, 1.165) is 12.0 Å². The summed E-state index contributed by atoms with van der Waals surface area (Å²) in [5, 5.41) is 9.55. The van der Waals surface area contributed by atoms with Crippen molar-refractivity contribution in [1.29, 1.82) is 0 Å². The van der Waals surface area contributed by atoms with Crippen LogP contribution in [0, 0.1) is 11.2 Å². The summed E-state index contributed by atoms with van der Waals surface area (Å²) in [5.74, 6) is -2.06. The van der Waals surface area contributed by atoms with Crippen LogP contribution in [0.1, 0.15) is 68.9 Å². The first-order chi connectivity index (χ1) is 15.0. The Labute approximate surface area is 185 Å². The molecule has 32 heavy (non-hydrogen) atoms. The number of hydrogen-bond acceptors (Lipinski definition) is 5. The molecule has 1 atom stereocenters. The molecule has 2 aliphatic heterocycles. The van der Waals surface area contributed by atoms with E-state index in [1.807, 2.05) is 32.6 Å². The lowest BCUT2D eigenvalue weighted by molar-refractivity contribution is -0.159. The molecule has 2 aromatic rings. The third-order valence-electron chi connectivity index (χ3n) is 6.50. The molecule has 0 aliphatic carbocycles. The number of anilines is 1. The number of carboxylic acids is 1. The molecule has 3 heterocycles. The maximum atomic E-state index is 15.4. The van der Waals surface area contributed by atoms with Crippen LogP contribution in [0.15, 0.2) is 17.1 Å². The zero-order valence-corrected chi connectivity index (χ0v) is 18.9. The van der Waals surface area contributed by atoms with Gasteiger partial charge in [-0.25, -0.2) is 9.18 Å². The number of esters is 1. The molecule has 1 aromatic carbocycles. The highest BCUT2D eigenvalue weighted by atomic mass is 19.1. The molecule has 1 N–H and O–H groups in total. The molecule has 8 heteroatoms. The molecule has 172 valence electrons. The summed E-state index contributed by atoms with van der Waals surface area (Å²) in [6.45, 7) is 8.48. The summed E-state index contributed by atoms with van der Waals surface area (Å²) < 4.78 is 22.8. The van der Waals surface area contributed by atoms with E-state index in [9.17, 15) is 19.5 Å². The van der Waals surface area contributed by atoms with Gasteiger partial charge in [-0.3, -0.25) is 9.59 Å². The largest absolute Gasteiger partial charge is 0.477 e. The van der Waals surface area contributed by atoms with Crippen LogP contribution in [0.5, 0.6) is 0 Å². The Morgan fingerprint density at radius 1 is 1.19 bits per heavy atom. The van der Waals surface area contributed by atoms with Crippen LogP contribution in [0.25, 0.3) is 10.9 Å². The summed E-state index contributed by atoms with van der Waals surface area (Å²) in [7, 11) is 0. The van der Waals surface area contributed by atoms with Crippen molar-refractivity contribution in [3.8, 4) is 0 Å². The van der Waals surface area contributed by atoms with E-state index < -0.39 is 22.6 Å². The van der Waals surface area contributed by atoms with E-state index in [2.05, 4.69) is 0 Å². The Hall–Kier alpha value is -2.90. The summed E-state index contributed by atoms with van der Waals surface area (Å²) in [6, 6.07) is 1.19. The number of pyridine rings is 1. The van der Waals surface area contributed by atoms with Gasteiger partial charge in [0.05, 0.1) is 16.6 Å². The molecule has 0 spiro atoms. The highest BCUT2D eigenvalue weighted by molar-refractivity contribution is 5.95. The number of piperidine rings is 1. The molecule has 4 rings (SSSR count). The van der Waals surface area contributed by atoms with Crippen LogP contribution in [-0.2, 0) is 16.0 Å². The third kappa shape index (κ3) is 3.76. The molecule has 0 saturated carbocycles. The van der Waals surface area contributed by atoms with Crippen LogP contribution < -0.4 is 10.3 Å². The van der Waals surface area contributed by atoms with Crippen molar-refractivity contribution in [2.45, 2.75) is 65.5 Å². The second kappa shape index (κ2) is 7.90. The van der Waals surface area contributed by atoms with Gasteiger partial charge in [-0.05, 0) is 46.6 Å². The van der Waals surface area contributed by atoms with E-state index in [1.165, 1.54) is 12.3 Å². The number of carbonyl (C=O) groups is 2. The molecule has 2 aliphatic rings. The number of halogens is 1. The Morgan fingerprint density at radius 3 is 2.44 bits per heavy atom. The van der Waals surface area contributed by atoms with Crippen molar-refractivity contribution in [2.24, 2.45) is 5.41 Å². The average Bonchev–Trinajstić information content (AvgIpc) is 2.71. The van der Waals surface area contributed by atoms with Gasteiger partial charge in [0.25, 0.3) is 0 Å². The molecule has 0 amide bonds. The Morgan fingerprint density at radius 2 is 1.84 bits per heavy atom. The fourth-order valence-corrected chi connectivity index (χ4v) is 4.65. The summed E-state index contributed by atoms with van der Waals surface area (Å²) in [6.07, 6.45) is 3.71. The Kier molecular flexibility index (Phi) is 5.51. The SMILES string of the molecule is C[C@H]1CCc2c(N3CCC(OC(=O)C(C)(C)C)CC3)c(F)cc3c(=O)c(C(=O)O)cn1c23. The fourth-order valence-electron chi connectivity index (χ4n) is 4.65. The number of ether oxygens (including phenoxy) is 1. The van der Waals surface area contributed by atoms with E-state index in [-0.39, 0.29) is 29.1 Å². The van der Waals surface area contributed by atoms with Gasteiger partial charge >= 0.3 is 11.9 Å². The molecule has 0 bridgehead atoms. The molecule has 7 nitrogen and oxygen atoms in total. The number of hydrogen-bond donors (Lipinski definition) is 1. The van der Waals surface area contributed by atoms with E-state index >= 15 is 4.39 Å². The summed E-state index contributed by atoms with van der Waals surface area (Å²) in [4.78, 5) is 38.5. The normalized spacial score (nSPS) is 19.3. The highest BCUT2D eigenvalue weighted by Crippen LogP contribution is 2.39. The zero-order chi connectivity index (χ0) is 23.4. The lowest BCUT2D eigenvalue weighted by Crippen LogP contribution is -2.40. The average molecular weight is 445 g/mol. The fraction of sp³-hybridized carbons (Fsp3) is 0.542. The number of carboxylic acid groups (broad SMARTS) is 1. The number of benzene rings is 1. The third-order valence-corrected chi connectivity index (χ3v) is 6.50. The van der Waals surface area contributed by atoms with E-state index in [4.69, 9.17) is 4.74 Å². The van der Waals surface area contributed by atoms with Gasteiger partial charge < -0.3 is 19.3 Å². The molecular weight excluding hydrogens is 415 g/mol. The first kappa shape index (κ1) is 22.3. The van der Waals surface area contributed by atoms with Crippen molar-refractivity contribution in [2.75, 3.05) is 18.0 Å². The van der Waals surface area contributed by atoms with Crippen molar-refractivity contribution in [1.82, 2.24) is 4.57 Å². The van der Waals surface area contributed by atoms with Gasteiger partial charge in [0.2, 0.25) is 5.43 Å². The Balaban J connectivity index is 1.71. The van der Waals surface area contributed by atoms with Gasteiger partial charge in [0.1, 0.15) is 17.5 Å². The molecular formula is C24H29FN2O5. The maximum Gasteiger partial charge on any atom is 0.341 e. The number of rotatable bonds is 3. The predicted octanol–water partition coefficient (Wildman–Crippen LogP) is 3.90. The van der Waals surface area contributed by atoms with Gasteiger partial charge in [-0.15, -0.1) is 0 Å². The van der Waals surface area contributed by atoms with Crippen LogP contribution in [-0.4, -0.2) is 40.8 Å². The van der Waals surface area contributed by atoms with Crippen molar-refractivity contribution in [3.63, 3.8) is 0 Å². The smallest absolute Gasteiger partial charge is 0.341 e. The minimum Gasteiger partial charge on any atom is -0.477 e. The van der Waals surface area contributed by atoms with E-state index in [0.29, 0.717) is 43.6 Å². The highest BCUT2D eigenvalue weighted by Gasteiger charge is 2.32. The number of aromatic carboxylic acids is 1. The molecule has 1 fully saturated rings. The van der Waals surface area contributed by atoms with Crippen molar-refractivity contribution < 1.29 is 23.8 Å². The standard InChI is InChI=1S/C24H29FN2O5/c1-13-5-6-15-19-16(21(28)17(22(29)30)12-27(13)19)11-18(25)20(15)26-9-7-14(8-10-26)32-23(31)24(2,3)4/h11-14H,5-10H2,1-4H3,(H,29,30)/t13-/m0/s1. The minimum absolute atomic E-state index is 0.00422. The second-order valence-corrected chi connectivity index (χ2v) is 9.90. The molecule has 0 radical (unpaired) electrons. The summed E-state index contributed by atoms with van der Waals surface area (Å²) >= 11 is 0. The lowest BCUT2D eigenvalue weighted by Gasteiger charge is -2.37. The molecule has 0 unspecified atom stereocenters. The number of aryl methyl sites for hydroxylation is 1. The van der Waals surface area contributed by atoms with E-state index in [1.54, 1.807) is 4.57 Å². The quantitative estimate of drug-likeness (QED) is 0.723. The van der Waals surface area contributed by atoms with Crippen LogP contribution >= 0.6 is 0 Å². The van der Waals surface area contributed by atoms with Crippen LogP contribution in [0.2, 0.25) is 0 Å². The topological polar surface area (TPSA) is 88.8 Å². The van der Waals surface area contributed by atoms with Crippen molar-refractivity contribution in [3.05, 3.63) is 39.4 Å². The zero-order valence-electron chi connectivity index (χ0n) is 18.9. The minimum atomic E-state index is -1.31. The molecule has 1 saturated heterocycles. The lowest BCUT2D eigenvalue weighted by atomic mass is 9.92. The second-order valence-electron chi connectivity index (χ2n) is 9.90.